The van der Waals surface area contributed by atoms with Gasteiger partial charge in [-0.1, -0.05) is 58.0 Å². The number of alkyl carbamates (subject to hydrolysis) is 1. The minimum absolute atomic E-state index is 0.0879. The predicted octanol–water partition coefficient (Wildman–Crippen LogP) is 1.58. The molecule has 0 saturated carbocycles. The Morgan fingerprint density at radius 3 is 2.36 bits per heavy atom. The van der Waals surface area contributed by atoms with Crippen LogP contribution in [0.4, 0.5) is 4.79 Å². The zero-order valence-corrected chi connectivity index (χ0v) is 21.5. The molecule has 2 fully saturated rings. The third kappa shape index (κ3) is 7.04. The Morgan fingerprint density at radius 1 is 1.06 bits per heavy atom. The number of ether oxygens (including phenoxy) is 2. The maximum Gasteiger partial charge on any atom is 0.408 e. The van der Waals surface area contributed by atoms with E-state index in [1.54, 1.807) is 0 Å². The van der Waals surface area contributed by atoms with Gasteiger partial charge >= 0.3 is 6.09 Å². The minimum atomic E-state index is -0.847. The lowest BCUT2D eigenvalue weighted by atomic mass is 9.98. The number of benzene rings is 1. The molecule has 3 amide bonds. The number of amides is 3. The summed E-state index contributed by atoms with van der Waals surface area (Å²) in [5.41, 5.74) is 0.837. The highest BCUT2D eigenvalue weighted by Crippen LogP contribution is 2.21. The highest BCUT2D eigenvalue weighted by Gasteiger charge is 2.41. The van der Waals surface area contributed by atoms with E-state index < -0.39 is 30.4 Å². The van der Waals surface area contributed by atoms with Crippen molar-refractivity contribution in [3.63, 3.8) is 0 Å². The minimum Gasteiger partial charge on any atom is -0.445 e. The summed E-state index contributed by atoms with van der Waals surface area (Å²) in [5.74, 6) is -1.31. The normalized spacial score (nSPS) is 21.3. The molecule has 36 heavy (non-hydrogen) atoms. The zero-order chi connectivity index (χ0) is 26.2. The zero-order valence-electron chi connectivity index (χ0n) is 21.5. The smallest absolute Gasteiger partial charge is 0.408 e. The van der Waals surface area contributed by atoms with E-state index in [4.69, 9.17) is 9.47 Å². The Hall–Kier alpha value is -2.98. The van der Waals surface area contributed by atoms with Crippen molar-refractivity contribution in [3.05, 3.63) is 35.9 Å². The van der Waals surface area contributed by atoms with Gasteiger partial charge in [0.2, 0.25) is 11.8 Å². The molecule has 2 aliphatic rings. The van der Waals surface area contributed by atoms with Crippen LogP contribution in [-0.2, 0) is 30.5 Å². The van der Waals surface area contributed by atoms with Gasteiger partial charge in [0.25, 0.3) is 0 Å². The molecule has 0 bridgehead atoms. The van der Waals surface area contributed by atoms with Gasteiger partial charge in [-0.2, -0.15) is 0 Å². The predicted molar refractivity (Wildman–Crippen MR) is 133 cm³/mol. The summed E-state index contributed by atoms with van der Waals surface area (Å²) in [7, 11) is 0. The number of nitrogens with one attached hydrogen (secondary N) is 3. The second-order valence-electron chi connectivity index (χ2n) is 9.96. The summed E-state index contributed by atoms with van der Waals surface area (Å²) < 4.78 is 10.7. The van der Waals surface area contributed by atoms with E-state index in [2.05, 4.69) is 16.0 Å². The number of hydrogen-bond acceptors (Lipinski definition) is 7. The molecule has 0 aliphatic carbocycles. The van der Waals surface area contributed by atoms with Crippen molar-refractivity contribution in [1.29, 1.82) is 0 Å². The van der Waals surface area contributed by atoms with Crippen molar-refractivity contribution in [1.82, 2.24) is 20.9 Å². The molecule has 10 nitrogen and oxygen atoms in total. The monoisotopic (exact) mass is 502 g/mol. The first-order chi connectivity index (χ1) is 17.2. The molecular weight excluding hydrogens is 464 g/mol. The first-order valence-electron chi connectivity index (χ1n) is 12.7. The van der Waals surface area contributed by atoms with Crippen molar-refractivity contribution in [2.24, 2.45) is 11.8 Å². The molecule has 2 heterocycles. The number of rotatable bonds is 10. The molecule has 2 aliphatic heterocycles. The van der Waals surface area contributed by atoms with E-state index in [1.807, 2.05) is 58.0 Å². The number of carbonyl (C=O) groups excluding carboxylic acids is 4. The third-order valence-electron chi connectivity index (χ3n) is 6.50. The lowest BCUT2D eigenvalue weighted by Crippen LogP contribution is -2.58. The largest absolute Gasteiger partial charge is 0.445 e. The van der Waals surface area contributed by atoms with Crippen molar-refractivity contribution in [3.8, 4) is 0 Å². The van der Waals surface area contributed by atoms with Gasteiger partial charge in [-0.05, 0) is 30.2 Å². The van der Waals surface area contributed by atoms with E-state index >= 15 is 0 Å². The molecule has 1 aromatic carbocycles. The van der Waals surface area contributed by atoms with Gasteiger partial charge in [0.1, 0.15) is 18.7 Å². The Kier molecular flexibility index (Phi) is 9.83. The van der Waals surface area contributed by atoms with Crippen LogP contribution in [0.15, 0.2) is 30.3 Å². The van der Waals surface area contributed by atoms with Gasteiger partial charge in [-0.25, -0.2) is 4.79 Å². The second kappa shape index (κ2) is 12.8. The van der Waals surface area contributed by atoms with E-state index in [0.717, 1.165) is 5.56 Å². The van der Waals surface area contributed by atoms with Crippen LogP contribution in [0.1, 0.15) is 46.1 Å². The number of hydrogen-bond donors (Lipinski definition) is 3. The van der Waals surface area contributed by atoms with Crippen LogP contribution in [0.25, 0.3) is 0 Å². The number of nitrogens with zero attached hydrogens (tertiary/aromatic N) is 1. The quantitative estimate of drug-likeness (QED) is 0.444. The van der Waals surface area contributed by atoms with E-state index in [1.165, 1.54) is 4.90 Å². The number of Topliss-reactive ketones (excluding diaryl/α,β-unsaturated/α-hetero) is 1. The first kappa shape index (κ1) is 27.6. The molecule has 1 aromatic rings. The van der Waals surface area contributed by atoms with Crippen LogP contribution in [0.5, 0.6) is 0 Å². The Balaban J connectivity index is 1.62. The average Bonchev–Trinajstić information content (AvgIpc) is 3.56. The summed E-state index contributed by atoms with van der Waals surface area (Å²) in [6.07, 6.45) is -0.297. The van der Waals surface area contributed by atoms with Crippen molar-refractivity contribution in [2.75, 3.05) is 19.7 Å². The topological polar surface area (TPSA) is 126 Å². The fourth-order valence-electron chi connectivity index (χ4n) is 4.47. The van der Waals surface area contributed by atoms with Crippen LogP contribution in [0, 0.1) is 11.8 Å². The molecule has 4 atom stereocenters. The summed E-state index contributed by atoms with van der Waals surface area (Å²) in [6, 6.07) is 6.96. The highest BCUT2D eigenvalue weighted by molar-refractivity contribution is 5.96. The van der Waals surface area contributed by atoms with Crippen LogP contribution in [0.3, 0.4) is 0 Å². The summed E-state index contributed by atoms with van der Waals surface area (Å²) >= 11 is 0. The van der Waals surface area contributed by atoms with Gasteiger partial charge in [0.15, 0.2) is 12.0 Å². The molecular formula is C26H38N4O6. The molecule has 2 saturated heterocycles. The standard InChI is InChI=1S/C26H38N4O6/c1-16(2)20(22(31)24-27-12-14-35-24)28-23(32)19-11-8-13-30(19)25(33)21(17(3)4)29-26(34)36-15-18-9-6-5-7-10-18/h5-7,9-10,16-17,19-21,24,27H,8,11-15H2,1-4H3,(H,28,32)(H,29,34)/t19-,20-,21-,24?/m0/s1. The fraction of sp³-hybridized carbons (Fsp3) is 0.615. The van der Waals surface area contributed by atoms with Gasteiger partial charge in [-0.15, -0.1) is 0 Å². The fourth-order valence-corrected chi connectivity index (χ4v) is 4.47. The molecule has 1 unspecified atom stereocenters. The Labute approximate surface area is 212 Å². The average molecular weight is 503 g/mol. The van der Waals surface area contributed by atoms with Crippen LogP contribution < -0.4 is 16.0 Å². The lowest BCUT2D eigenvalue weighted by Gasteiger charge is -2.32. The summed E-state index contributed by atoms with van der Waals surface area (Å²) in [5, 5.41) is 8.52. The SMILES string of the molecule is CC(C)[C@H](NC(=O)[C@@H]1CCCN1C(=O)[C@@H](NC(=O)OCc1ccccc1)C(C)C)C(=O)C1NCCO1. The molecule has 3 rings (SSSR count). The Bertz CT molecular complexity index is 916. The van der Waals surface area contributed by atoms with Gasteiger partial charge in [0, 0.05) is 13.1 Å². The van der Waals surface area contributed by atoms with Gasteiger partial charge < -0.3 is 25.0 Å². The molecule has 0 spiro atoms. The number of likely N-dealkylation sites (tertiary alicyclic amines) is 1. The number of carbonyl (C=O) groups is 4. The third-order valence-corrected chi connectivity index (χ3v) is 6.50. The highest BCUT2D eigenvalue weighted by atomic mass is 16.5. The van der Waals surface area contributed by atoms with E-state index in [0.29, 0.717) is 32.5 Å². The van der Waals surface area contributed by atoms with Crippen molar-refractivity contribution in [2.45, 2.75) is 71.5 Å². The first-order valence-corrected chi connectivity index (χ1v) is 12.7. The van der Waals surface area contributed by atoms with Crippen LogP contribution in [-0.4, -0.2) is 72.6 Å². The molecule has 198 valence electrons. The van der Waals surface area contributed by atoms with Crippen molar-refractivity contribution < 1.29 is 28.7 Å². The maximum atomic E-state index is 13.5. The number of ketones is 1. The van der Waals surface area contributed by atoms with E-state index in [9.17, 15) is 19.2 Å². The van der Waals surface area contributed by atoms with Gasteiger partial charge in [0.05, 0.1) is 12.6 Å². The molecule has 3 N–H and O–H groups in total. The molecule has 10 heteroatoms. The molecule has 0 radical (unpaired) electrons. The lowest BCUT2D eigenvalue weighted by molar-refractivity contribution is -0.142. The molecule has 0 aromatic heterocycles. The van der Waals surface area contributed by atoms with E-state index in [-0.39, 0.29) is 36.0 Å². The Morgan fingerprint density at radius 2 is 1.75 bits per heavy atom. The summed E-state index contributed by atoms with van der Waals surface area (Å²) in [6.45, 7) is 8.87. The van der Waals surface area contributed by atoms with Crippen molar-refractivity contribution >= 4 is 23.7 Å². The van der Waals surface area contributed by atoms with Crippen LogP contribution in [0.2, 0.25) is 0 Å². The van der Waals surface area contributed by atoms with Gasteiger partial charge in [-0.3, -0.25) is 19.7 Å². The summed E-state index contributed by atoms with van der Waals surface area (Å²) in [4.78, 5) is 53.5. The maximum absolute atomic E-state index is 13.5. The van der Waals surface area contributed by atoms with Crippen LogP contribution >= 0.6 is 0 Å². The second-order valence-corrected chi connectivity index (χ2v) is 9.96.